The van der Waals surface area contributed by atoms with E-state index in [2.05, 4.69) is 38.2 Å². The number of hydrogen-bond donors (Lipinski definition) is 2. The molecule has 0 aliphatic heterocycles. The van der Waals surface area contributed by atoms with E-state index in [4.69, 9.17) is 5.73 Å². The molecule has 0 fully saturated rings. The zero-order valence-corrected chi connectivity index (χ0v) is 12.7. The number of nitrogens with two attached hydrogens (primary N) is 1. The normalized spacial score (nSPS) is 13.2. The number of aryl methyl sites for hydroxylation is 1. The third kappa shape index (κ3) is 4.06. The van der Waals surface area contributed by atoms with Crippen LogP contribution in [0.3, 0.4) is 0 Å². The van der Waals surface area contributed by atoms with Crippen LogP contribution >= 0.6 is 0 Å². The van der Waals surface area contributed by atoms with Crippen molar-refractivity contribution in [3.8, 4) is 0 Å². The predicted molar refractivity (Wildman–Crippen MR) is 81.3 cm³/mol. The molecule has 1 aromatic carbocycles. The SMILES string of the molecule is CCC(CN)C(=O)Nc1ccc(C(C)(C)C)cc1C. The number of nitrogens with one attached hydrogen (secondary N) is 1. The van der Waals surface area contributed by atoms with Crippen LogP contribution in [0.4, 0.5) is 5.69 Å². The molecule has 1 unspecified atom stereocenters. The van der Waals surface area contributed by atoms with E-state index in [9.17, 15) is 4.79 Å². The van der Waals surface area contributed by atoms with Crippen LogP contribution in [0.15, 0.2) is 18.2 Å². The van der Waals surface area contributed by atoms with Crippen molar-refractivity contribution in [2.75, 3.05) is 11.9 Å². The molecule has 1 rings (SSSR count). The third-order valence-electron chi connectivity index (χ3n) is 3.50. The maximum Gasteiger partial charge on any atom is 0.228 e. The standard InChI is InChI=1S/C16H26N2O/c1-6-12(10-17)15(19)18-14-8-7-13(9-11(14)2)16(3,4)5/h7-9,12H,6,10,17H2,1-5H3,(H,18,19). The number of carbonyl (C=O) groups is 1. The maximum atomic E-state index is 12.0. The summed E-state index contributed by atoms with van der Waals surface area (Å²) >= 11 is 0. The van der Waals surface area contributed by atoms with Gasteiger partial charge in [0.05, 0.1) is 5.92 Å². The molecule has 0 heterocycles. The molecule has 106 valence electrons. The van der Waals surface area contributed by atoms with Crippen molar-refractivity contribution in [1.29, 1.82) is 0 Å². The fourth-order valence-electron chi connectivity index (χ4n) is 1.96. The minimum absolute atomic E-state index is 0.0107. The summed E-state index contributed by atoms with van der Waals surface area (Å²) in [6.45, 7) is 10.9. The van der Waals surface area contributed by atoms with Crippen molar-refractivity contribution in [2.24, 2.45) is 11.7 Å². The maximum absolute atomic E-state index is 12.0. The van der Waals surface area contributed by atoms with E-state index in [0.717, 1.165) is 17.7 Å². The molecule has 1 amide bonds. The number of anilines is 1. The van der Waals surface area contributed by atoms with Gasteiger partial charge >= 0.3 is 0 Å². The summed E-state index contributed by atoms with van der Waals surface area (Å²) in [6, 6.07) is 6.20. The minimum Gasteiger partial charge on any atom is -0.330 e. The van der Waals surface area contributed by atoms with Gasteiger partial charge < -0.3 is 11.1 Å². The van der Waals surface area contributed by atoms with Gasteiger partial charge in [0.2, 0.25) is 5.91 Å². The van der Waals surface area contributed by atoms with Gasteiger partial charge in [0, 0.05) is 12.2 Å². The molecule has 3 N–H and O–H groups in total. The molecule has 0 bridgehead atoms. The van der Waals surface area contributed by atoms with Crippen LogP contribution in [0, 0.1) is 12.8 Å². The van der Waals surface area contributed by atoms with E-state index in [1.54, 1.807) is 0 Å². The summed E-state index contributed by atoms with van der Waals surface area (Å²) in [6.07, 6.45) is 0.765. The quantitative estimate of drug-likeness (QED) is 0.875. The van der Waals surface area contributed by atoms with E-state index in [1.165, 1.54) is 5.56 Å². The Morgan fingerprint density at radius 2 is 2.00 bits per heavy atom. The molecule has 0 spiro atoms. The van der Waals surface area contributed by atoms with Crippen molar-refractivity contribution < 1.29 is 4.79 Å². The molecule has 3 nitrogen and oxygen atoms in total. The Bertz CT molecular complexity index is 443. The van der Waals surface area contributed by atoms with Gasteiger partial charge in [0.15, 0.2) is 0 Å². The molecule has 0 aromatic heterocycles. The molecular formula is C16H26N2O. The molecule has 0 saturated heterocycles. The lowest BCUT2D eigenvalue weighted by atomic mass is 9.86. The Morgan fingerprint density at radius 1 is 1.37 bits per heavy atom. The van der Waals surface area contributed by atoms with Crippen LogP contribution in [-0.4, -0.2) is 12.5 Å². The molecule has 3 heteroatoms. The summed E-state index contributed by atoms with van der Waals surface area (Å²) in [4.78, 5) is 12.0. The van der Waals surface area contributed by atoms with Gasteiger partial charge in [-0.1, -0.05) is 39.8 Å². The van der Waals surface area contributed by atoms with Gasteiger partial charge in [-0.25, -0.2) is 0 Å². The largest absolute Gasteiger partial charge is 0.330 e. The fourth-order valence-corrected chi connectivity index (χ4v) is 1.96. The lowest BCUT2D eigenvalue weighted by Crippen LogP contribution is -2.29. The van der Waals surface area contributed by atoms with Gasteiger partial charge in [0.25, 0.3) is 0 Å². The van der Waals surface area contributed by atoms with Crippen LogP contribution in [0.5, 0.6) is 0 Å². The van der Waals surface area contributed by atoms with E-state index in [-0.39, 0.29) is 17.2 Å². The molecule has 1 aromatic rings. The molecular weight excluding hydrogens is 236 g/mol. The fraction of sp³-hybridized carbons (Fsp3) is 0.562. The lowest BCUT2D eigenvalue weighted by Gasteiger charge is -2.21. The Hall–Kier alpha value is -1.35. The van der Waals surface area contributed by atoms with Crippen molar-refractivity contribution in [3.05, 3.63) is 29.3 Å². The van der Waals surface area contributed by atoms with Gasteiger partial charge in [-0.15, -0.1) is 0 Å². The smallest absolute Gasteiger partial charge is 0.228 e. The number of benzene rings is 1. The summed E-state index contributed by atoms with van der Waals surface area (Å²) < 4.78 is 0. The number of amides is 1. The van der Waals surface area contributed by atoms with E-state index in [1.807, 2.05) is 19.9 Å². The summed E-state index contributed by atoms with van der Waals surface area (Å²) in [7, 11) is 0. The summed E-state index contributed by atoms with van der Waals surface area (Å²) in [5, 5.41) is 2.97. The second-order valence-electron chi connectivity index (χ2n) is 6.11. The van der Waals surface area contributed by atoms with Gasteiger partial charge in [-0.3, -0.25) is 4.79 Å². The lowest BCUT2D eigenvalue weighted by molar-refractivity contribution is -0.119. The average molecular weight is 262 g/mol. The van der Waals surface area contributed by atoms with E-state index < -0.39 is 0 Å². The first-order chi connectivity index (χ1) is 8.79. The Balaban J connectivity index is 2.89. The highest BCUT2D eigenvalue weighted by Gasteiger charge is 2.17. The molecule has 0 aliphatic rings. The topological polar surface area (TPSA) is 55.1 Å². The molecule has 0 saturated carbocycles. The minimum atomic E-state index is -0.110. The second-order valence-corrected chi connectivity index (χ2v) is 6.11. The Labute approximate surface area is 116 Å². The molecule has 19 heavy (non-hydrogen) atoms. The predicted octanol–water partition coefficient (Wildman–Crippen LogP) is 3.22. The summed E-state index contributed by atoms with van der Waals surface area (Å²) in [5.74, 6) is -0.0988. The number of carbonyl (C=O) groups excluding carboxylic acids is 1. The van der Waals surface area contributed by atoms with Crippen LogP contribution in [-0.2, 0) is 10.2 Å². The first-order valence-electron chi connectivity index (χ1n) is 6.91. The molecule has 0 aliphatic carbocycles. The van der Waals surface area contributed by atoms with Gasteiger partial charge in [0.1, 0.15) is 0 Å². The average Bonchev–Trinajstić information content (AvgIpc) is 2.32. The van der Waals surface area contributed by atoms with Crippen LogP contribution in [0.25, 0.3) is 0 Å². The van der Waals surface area contributed by atoms with Crippen molar-refractivity contribution in [3.63, 3.8) is 0 Å². The highest BCUT2D eigenvalue weighted by molar-refractivity contribution is 5.93. The first-order valence-corrected chi connectivity index (χ1v) is 6.91. The first kappa shape index (κ1) is 15.7. The zero-order valence-electron chi connectivity index (χ0n) is 12.7. The van der Waals surface area contributed by atoms with Crippen molar-refractivity contribution in [2.45, 2.75) is 46.5 Å². The van der Waals surface area contributed by atoms with Gasteiger partial charge in [-0.2, -0.15) is 0 Å². The van der Waals surface area contributed by atoms with Crippen molar-refractivity contribution in [1.82, 2.24) is 0 Å². The second kappa shape index (κ2) is 6.20. The van der Waals surface area contributed by atoms with Crippen LogP contribution in [0.1, 0.15) is 45.2 Å². The van der Waals surface area contributed by atoms with Crippen molar-refractivity contribution >= 4 is 11.6 Å². The van der Waals surface area contributed by atoms with Gasteiger partial charge in [-0.05, 0) is 36.0 Å². The zero-order chi connectivity index (χ0) is 14.6. The van der Waals surface area contributed by atoms with E-state index in [0.29, 0.717) is 6.54 Å². The molecule has 0 radical (unpaired) electrons. The van der Waals surface area contributed by atoms with Crippen LogP contribution in [0.2, 0.25) is 0 Å². The highest BCUT2D eigenvalue weighted by atomic mass is 16.1. The van der Waals surface area contributed by atoms with Crippen LogP contribution < -0.4 is 11.1 Å². The summed E-state index contributed by atoms with van der Waals surface area (Å²) in [5.41, 5.74) is 8.96. The Morgan fingerprint density at radius 3 is 2.42 bits per heavy atom. The molecule has 1 atom stereocenters. The monoisotopic (exact) mass is 262 g/mol. The number of hydrogen-bond acceptors (Lipinski definition) is 2. The van der Waals surface area contributed by atoms with E-state index >= 15 is 0 Å². The number of rotatable bonds is 4. The third-order valence-corrected chi connectivity index (χ3v) is 3.50. The Kier molecular flexibility index (Phi) is 5.12. The highest BCUT2D eigenvalue weighted by Crippen LogP contribution is 2.26.